The highest BCUT2D eigenvalue weighted by Crippen LogP contribution is 2.12. The van der Waals surface area contributed by atoms with Gasteiger partial charge >= 0.3 is 0 Å². The number of aromatic nitrogens is 4. The minimum Gasteiger partial charge on any atom is -0.337 e. The second kappa shape index (κ2) is 7.31. The van der Waals surface area contributed by atoms with E-state index >= 15 is 0 Å². The van der Waals surface area contributed by atoms with E-state index < -0.39 is 0 Å². The Hall–Kier alpha value is -2.61. The van der Waals surface area contributed by atoms with E-state index in [0.29, 0.717) is 31.1 Å². The minimum atomic E-state index is -0.329. The van der Waals surface area contributed by atoms with Crippen LogP contribution in [-0.4, -0.2) is 62.1 Å². The molecule has 1 aromatic heterocycles. The SMILES string of the molecule is C/C=C/C(=O)N1CCN(Cc2nnnn2-c2cccc(F)c2)CC1. The van der Waals surface area contributed by atoms with Crippen molar-refractivity contribution in [2.45, 2.75) is 13.5 Å². The van der Waals surface area contributed by atoms with Crippen LogP contribution in [0.5, 0.6) is 0 Å². The molecule has 1 fully saturated rings. The third kappa shape index (κ3) is 3.65. The smallest absolute Gasteiger partial charge is 0.246 e. The van der Waals surface area contributed by atoms with Crippen LogP contribution < -0.4 is 0 Å². The number of rotatable bonds is 4. The second-order valence-electron chi connectivity index (χ2n) is 5.59. The molecule has 0 N–H and O–H groups in total. The van der Waals surface area contributed by atoms with Gasteiger partial charge in [0.1, 0.15) is 5.82 Å². The van der Waals surface area contributed by atoms with Crippen molar-refractivity contribution in [3.8, 4) is 5.69 Å². The maximum Gasteiger partial charge on any atom is 0.246 e. The number of piperazine rings is 1. The summed E-state index contributed by atoms with van der Waals surface area (Å²) in [5.74, 6) is 0.362. The van der Waals surface area contributed by atoms with Gasteiger partial charge in [0.15, 0.2) is 5.82 Å². The molecule has 7 nitrogen and oxygen atoms in total. The molecule has 0 radical (unpaired) electrons. The quantitative estimate of drug-likeness (QED) is 0.783. The van der Waals surface area contributed by atoms with Crippen molar-refractivity contribution >= 4 is 5.91 Å². The maximum atomic E-state index is 13.4. The predicted octanol–water partition coefficient (Wildman–Crippen LogP) is 1.02. The Morgan fingerprint density at radius 3 is 2.79 bits per heavy atom. The predicted molar refractivity (Wildman–Crippen MR) is 85.8 cm³/mol. The van der Waals surface area contributed by atoms with Crippen LogP contribution in [0, 0.1) is 5.82 Å². The lowest BCUT2D eigenvalue weighted by molar-refractivity contribution is -0.127. The summed E-state index contributed by atoms with van der Waals surface area (Å²) < 4.78 is 14.9. The van der Waals surface area contributed by atoms with Crippen LogP contribution in [0.4, 0.5) is 4.39 Å². The second-order valence-corrected chi connectivity index (χ2v) is 5.59. The van der Waals surface area contributed by atoms with E-state index in [9.17, 15) is 9.18 Å². The van der Waals surface area contributed by atoms with Crippen LogP contribution in [0.3, 0.4) is 0 Å². The standard InChI is InChI=1S/C16H19FN6O/c1-2-4-16(24)22-9-7-21(8-10-22)12-15-18-19-20-23(15)14-6-3-5-13(17)11-14/h2-6,11H,7-10,12H2,1H3/b4-2+. The molecule has 1 aliphatic rings. The van der Waals surface area contributed by atoms with Gasteiger partial charge in [-0.3, -0.25) is 9.69 Å². The molecule has 1 aromatic carbocycles. The van der Waals surface area contributed by atoms with Crippen molar-refractivity contribution in [2.75, 3.05) is 26.2 Å². The zero-order valence-electron chi connectivity index (χ0n) is 13.5. The van der Waals surface area contributed by atoms with Crippen molar-refractivity contribution in [2.24, 2.45) is 0 Å². The Morgan fingerprint density at radius 2 is 2.08 bits per heavy atom. The molecule has 8 heteroatoms. The third-order valence-electron chi connectivity index (χ3n) is 3.95. The third-order valence-corrected chi connectivity index (χ3v) is 3.95. The van der Waals surface area contributed by atoms with E-state index in [-0.39, 0.29) is 11.7 Å². The van der Waals surface area contributed by atoms with Crippen LogP contribution in [0.2, 0.25) is 0 Å². The Morgan fingerprint density at radius 1 is 1.29 bits per heavy atom. The zero-order chi connectivity index (χ0) is 16.9. The Kier molecular flexibility index (Phi) is 4.95. The summed E-state index contributed by atoms with van der Waals surface area (Å²) in [5.41, 5.74) is 0.594. The average Bonchev–Trinajstić information content (AvgIpc) is 3.04. The van der Waals surface area contributed by atoms with E-state index in [2.05, 4.69) is 20.4 Å². The summed E-state index contributed by atoms with van der Waals surface area (Å²) in [6.45, 7) is 5.23. The number of hydrogen-bond acceptors (Lipinski definition) is 5. The number of carbonyl (C=O) groups is 1. The van der Waals surface area contributed by atoms with E-state index in [4.69, 9.17) is 0 Å². The fourth-order valence-electron chi connectivity index (χ4n) is 2.69. The number of halogens is 1. The van der Waals surface area contributed by atoms with Crippen LogP contribution >= 0.6 is 0 Å². The lowest BCUT2D eigenvalue weighted by atomic mass is 10.3. The first-order valence-corrected chi connectivity index (χ1v) is 7.84. The molecule has 1 amide bonds. The van der Waals surface area contributed by atoms with Crippen molar-refractivity contribution in [3.63, 3.8) is 0 Å². The Bertz CT molecular complexity index is 736. The molecule has 0 aliphatic carbocycles. The maximum absolute atomic E-state index is 13.4. The van der Waals surface area contributed by atoms with Gasteiger partial charge in [0.2, 0.25) is 5.91 Å². The molecule has 0 saturated carbocycles. The van der Waals surface area contributed by atoms with Gasteiger partial charge in [-0.2, -0.15) is 4.68 Å². The normalized spacial score (nSPS) is 16.0. The average molecular weight is 330 g/mol. The first-order chi connectivity index (χ1) is 11.7. The van der Waals surface area contributed by atoms with Gasteiger partial charge < -0.3 is 4.90 Å². The molecule has 1 saturated heterocycles. The first-order valence-electron chi connectivity index (χ1n) is 7.84. The number of benzene rings is 1. The van der Waals surface area contributed by atoms with Crippen molar-refractivity contribution < 1.29 is 9.18 Å². The van der Waals surface area contributed by atoms with Crippen molar-refractivity contribution in [1.82, 2.24) is 30.0 Å². The molecule has 0 atom stereocenters. The first kappa shape index (κ1) is 16.3. The molecule has 126 valence electrons. The van der Waals surface area contributed by atoms with Gasteiger partial charge in [-0.05, 0) is 41.6 Å². The number of carbonyl (C=O) groups excluding carboxylic acids is 1. The number of nitrogens with zero attached hydrogens (tertiary/aromatic N) is 6. The van der Waals surface area contributed by atoms with Gasteiger partial charge in [-0.1, -0.05) is 12.1 Å². The molecule has 2 heterocycles. The molecule has 3 rings (SSSR count). The Balaban J connectivity index is 1.64. The molecule has 0 unspecified atom stereocenters. The molecule has 0 spiro atoms. The van der Waals surface area contributed by atoms with E-state index in [0.717, 1.165) is 13.1 Å². The topological polar surface area (TPSA) is 67.2 Å². The minimum absolute atomic E-state index is 0.0433. The number of tetrazole rings is 1. The van der Waals surface area contributed by atoms with Crippen LogP contribution in [0.15, 0.2) is 36.4 Å². The number of allylic oxidation sites excluding steroid dienone is 1. The van der Waals surface area contributed by atoms with Crippen LogP contribution in [-0.2, 0) is 11.3 Å². The summed E-state index contributed by atoms with van der Waals surface area (Å²) in [6.07, 6.45) is 3.34. The summed E-state index contributed by atoms with van der Waals surface area (Å²) >= 11 is 0. The lowest BCUT2D eigenvalue weighted by Gasteiger charge is -2.33. The number of amides is 1. The molecule has 2 aromatic rings. The van der Waals surface area contributed by atoms with Gasteiger partial charge in [0, 0.05) is 26.2 Å². The van der Waals surface area contributed by atoms with E-state index in [1.54, 1.807) is 29.0 Å². The highest BCUT2D eigenvalue weighted by atomic mass is 19.1. The zero-order valence-corrected chi connectivity index (χ0v) is 13.5. The Labute approximate surface area is 139 Å². The van der Waals surface area contributed by atoms with Crippen molar-refractivity contribution in [1.29, 1.82) is 0 Å². The molecular formula is C16H19FN6O. The van der Waals surface area contributed by atoms with Crippen molar-refractivity contribution in [3.05, 3.63) is 48.1 Å². The monoisotopic (exact) mass is 330 g/mol. The summed E-state index contributed by atoms with van der Waals surface area (Å²) in [6, 6.07) is 6.17. The van der Waals surface area contributed by atoms with Crippen LogP contribution in [0.25, 0.3) is 5.69 Å². The van der Waals surface area contributed by atoms with E-state index in [1.165, 1.54) is 12.1 Å². The summed E-state index contributed by atoms with van der Waals surface area (Å²) in [7, 11) is 0. The fraction of sp³-hybridized carbons (Fsp3) is 0.375. The fourth-order valence-corrected chi connectivity index (χ4v) is 2.69. The molecule has 24 heavy (non-hydrogen) atoms. The molecule has 1 aliphatic heterocycles. The highest BCUT2D eigenvalue weighted by Gasteiger charge is 2.21. The largest absolute Gasteiger partial charge is 0.337 e. The summed E-state index contributed by atoms with van der Waals surface area (Å²) in [4.78, 5) is 15.8. The molecule has 0 bridgehead atoms. The van der Waals surface area contributed by atoms with E-state index in [1.807, 2.05) is 11.8 Å². The molecular weight excluding hydrogens is 311 g/mol. The number of hydrogen-bond donors (Lipinski definition) is 0. The van der Waals surface area contributed by atoms with Gasteiger partial charge in [-0.25, -0.2) is 4.39 Å². The van der Waals surface area contributed by atoms with Gasteiger partial charge in [0.05, 0.1) is 12.2 Å². The highest BCUT2D eigenvalue weighted by molar-refractivity contribution is 5.87. The van der Waals surface area contributed by atoms with Gasteiger partial charge in [0.25, 0.3) is 0 Å². The van der Waals surface area contributed by atoms with Gasteiger partial charge in [-0.15, -0.1) is 5.10 Å². The summed E-state index contributed by atoms with van der Waals surface area (Å²) in [5, 5.41) is 11.7. The lowest BCUT2D eigenvalue weighted by Crippen LogP contribution is -2.48. The van der Waals surface area contributed by atoms with Crippen LogP contribution in [0.1, 0.15) is 12.7 Å².